The molecule has 126 valence electrons. The lowest BCUT2D eigenvalue weighted by atomic mass is 10.0. The fourth-order valence-electron chi connectivity index (χ4n) is 3.48. The zero-order valence-corrected chi connectivity index (χ0v) is 13.7. The van der Waals surface area contributed by atoms with Crippen LogP contribution >= 0.6 is 0 Å². The van der Waals surface area contributed by atoms with Crippen molar-refractivity contribution in [2.24, 2.45) is 7.05 Å². The third-order valence-electron chi connectivity index (χ3n) is 4.96. The maximum atomic E-state index is 12.7. The van der Waals surface area contributed by atoms with E-state index in [9.17, 15) is 9.59 Å². The van der Waals surface area contributed by atoms with Gasteiger partial charge in [0.25, 0.3) is 5.91 Å². The van der Waals surface area contributed by atoms with E-state index in [4.69, 9.17) is 0 Å². The molecule has 8 heteroatoms. The number of amides is 2. The van der Waals surface area contributed by atoms with Gasteiger partial charge in [-0.15, -0.1) is 0 Å². The third-order valence-corrected chi connectivity index (χ3v) is 4.96. The van der Waals surface area contributed by atoms with Crippen LogP contribution in [0.2, 0.25) is 0 Å². The predicted octanol–water partition coefficient (Wildman–Crippen LogP) is 0.722. The Morgan fingerprint density at radius 2 is 2.17 bits per heavy atom. The van der Waals surface area contributed by atoms with Crippen LogP contribution < -0.4 is 5.32 Å². The average Bonchev–Trinajstić information content (AvgIpc) is 3.01. The Morgan fingerprint density at radius 1 is 1.38 bits per heavy atom. The Hall–Kier alpha value is -2.64. The SMILES string of the molecule is CN1C(=O)C[C@@H](NC(=O)c2cn[nH]c2C2CC2)[C@@H]1c1ccnn1C. The minimum atomic E-state index is -0.285. The molecule has 2 aliphatic rings. The van der Waals surface area contributed by atoms with E-state index in [0.29, 0.717) is 11.5 Å². The Balaban J connectivity index is 1.58. The van der Waals surface area contributed by atoms with Gasteiger partial charge in [0.15, 0.2) is 0 Å². The van der Waals surface area contributed by atoms with Gasteiger partial charge in [0, 0.05) is 32.6 Å². The first-order chi connectivity index (χ1) is 11.6. The summed E-state index contributed by atoms with van der Waals surface area (Å²) in [6, 6.07) is 1.38. The summed E-state index contributed by atoms with van der Waals surface area (Å²) in [5.74, 6) is 0.251. The van der Waals surface area contributed by atoms with Crippen LogP contribution in [0.5, 0.6) is 0 Å². The first-order valence-corrected chi connectivity index (χ1v) is 8.14. The molecule has 2 amide bonds. The Morgan fingerprint density at radius 3 is 2.83 bits per heavy atom. The number of likely N-dealkylation sites (tertiary alicyclic amines) is 1. The van der Waals surface area contributed by atoms with E-state index < -0.39 is 0 Å². The summed E-state index contributed by atoms with van der Waals surface area (Å²) in [4.78, 5) is 26.6. The number of nitrogens with zero attached hydrogens (tertiary/aromatic N) is 4. The van der Waals surface area contributed by atoms with E-state index in [1.807, 2.05) is 13.1 Å². The number of aryl methyl sites for hydroxylation is 1. The highest BCUT2D eigenvalue weighted by Crippen LogP contribution is 2.40. The van der Waals surface area contributed by atoms with Gasteiger partial charge in [0.1, 0.15) is 0 Å². The molecule has 0 radical (unpaired) electrons. The van der Waals surface area contributed by atoms with E-state index in [-0.39, 0.29) is 30.3 Å². The molecule has 4 rings (SSSR count). The monoisotopic (exact) mass is 328 g/mol. The van der Waals surface area contributed by atoms with Crippen LogP contribution in [0.25, 0.3) is 0 Å². The Bertz CT molecular complexity index is 790. The van der Waals surface area contributed by atoms with Gasteiger partial charge >= 0.3 is 0 Å². The smallest absolute Gasteiger partial charge is 0.255 e. The number of rotatable bonds is 4. The number of likely N-dealkylation sites (N-methyl/N-ethyl adjacent to an activating group) is 1. The van der Waals surface area contributed by atoms with E-state index in [0.717, 1.165) is 24.2 Å². The quantitative estimate of drug-likeness (QED) is 0.864. The van der Waals surface area contributed by atoms with Crippen molar-refractivity contribution < 1.29 is 9.59 Å². The summed E-state index contributed by atoms with van der Waals surface area (Å²) in [5, 5.41) is 14.2. The molecule has 1 saturated heterocycles. The lowest BCUT2D eigenvalue weighted by molar-refractivity contribution is -0.127. The first-order valence-electron chi connectivity index (χ1n) is 8.14. The molecule has 8 nitrogen and oxygen atoms in total. The highest BCUT2D eigenvalue weighted by atomic mass is 16.2. The number of hydrogen-bond donors (Lipinski definition) is 2. The number of nitrogens with one attached hydrogen (secondary N) is 2. The molecule has 1 aliphatic heterocycles. The highest BCUT2D eigenvalue weighted by molar-refractivity contribution is 5.96. The second kappa shape index (κ2) is 5.47. The number of carbonyl (C=O) groups excluding carboxylic acids is 2. The van der Waals surface area contributed by atoms with Gasteiger partial charge in [0.2, 0.25) is 5.91 Å². The molecule has 24 heavy (non-hydrogen) atoms. The van der Waals surface area contributed by atoms with Crippen LogP contribution in [0.3, 0.4) is 0 Å². The zero-order chi connectivity index (χ0) is 16.8. The lowest BCUT2D eigenvalue weighted by Crippen LogP contribution is -2.39. The molecule has 2 atom stereocenters. The van der Waals surface area contributed by atoms with Crippen molar-refractivity contribution >= 4 is 11.8 Å². The van der Waals surface area contributed by atoms with Crippen molar-refractivity contribution in [3.05, 3.63) is 35.4 Å². The largest absolute Gasteiger partial charge is 0.346 e. The molecule has 3 heterocycles. The Labute approximate surface area is 139 Å². The number of H-pyrrole nitrogens is 1. The van der Waals surface area contributed by atoms with Crippen LogP contribution in [-0.4, -0.2) is 49.8 Å². The van der Waals surface area contributed by atoms with Crippen molar-refractivity contribution in [1.29, 1.82) is 0 Å². The summed E-state index contributed by atoms with van der Waals surface area (Å²) >= 11 is 0. The molecular weight excluding hydrogens is 308 g/mol. The molecule has 1 saturated carbocycles. The highest BCUT2D eigenvalue weighted by Gasteiger charge is 2.41. The van der Waals surface area contributed by atoms with Crippen LogP contribution in [0.4, 0.5) is 0 Å². The van der Waals surface area contributed by atoms with Gasteiger partial charge in [-0.1, -0.05) is 0 Å². The minimum Gasteiger partial charge on any atom is -0.346 e. The first kappa shape index (κ1) is 14.9. The predicted molar refractivity (Wildman–Crippen MR) is 85.2 cm³/mol. The Kier molecular flexibility index (Phi) is 3.40. The van der Waals surface area contributed by atoms with E-state index >= 15 is 0 Å². The maximum absolute atomic E-state index is 12.7. The number of carbonyl (C=O) groups is 2. The van der Waals surface area contributed by atoms with E-state index in [2.05, 4.69) is 20.6 Å². The second-order valence-corrected chi connectivity index (χ2v) is 6.58. The molecule has 1 aliphatic carbocycles. The molecule has 2 aromatic rings. The average molecular weight is 328 g/mol. The third kappa shape index (κ3) is 2.38. The van der Waals surface area contributed by atoms with Gasteiger partial charge in [-0.2, -0.15) is 10.2 Å². The summed E-state index contributed by atoms with van der Waals surface area (Å²) in [6.45, 7) is 0. The van der Waals surface area contributed by atoms with Crippen molar-refractivity contribution in [3.8, 4) is 0 Å². The van der Waals surface area contributed by atoms with Gasteiger partial charge in [-0.3, -0.25) is 19.4 Å². The van der Waals surface area contributed by atoms with Crippen molar-refractivity contribution in [1.82, 2.24) is 30.2 Å². The topological polar surface area (TPSA) is 95.9 Å². The summed E-state index contributed by atoms with van der Waals surface area (Å²) in [7, 11) is 3.60. The fourth-order valence-corrected chi connectivity index (χ4v) is 3.48. The van der Waals surface area contributed by atoms with Crippen molar-refractivity contribution in [3.63, 3.8) is 0 Å². The van der Waals surface area contributed by atoms with Crippen molar-refractivity contribution in [2.75, 3.05) is 7.05 Å². The minimum absolute atomic E-state index is 0.0149. The van der Waals surface area contributed by atoms with Crippen LogP contribution in [0.15, 0.2) is 18.5 Å². The number of aromatic amines is 1. The molecule has 2 fully saturated rings. The van der Waals surface area contributed by atoms with E-state index in [1.54, 1.807) is 29.0 Å². The van der Waals surface area contributed by atoms with Crippen LogP contribution in [-0.2, 0) is 11.8 Å². The lowest BCUT2D eigenvalue weighted by Gasteiger charge is -2.25. The standard InChI is InChI=1S/C16H20N6O2/c1-21-13(23)7-11(15(21)12-5-6-18-22(12)2)19-16(24)10-8-17-20-14(10)9-3-4-9/h5-6,8-9,11,15H,3-4,7H2,1-2H3,(H,17,20)(H,19,24)/t11-,15-/m1/s1. The van der Waals surface area contributed by atoms with Gasteiger partial charge < -0.3 is 10.2 Å². The van der Waals surface area contributed by atoms with Gasteiger partial charge in [0.05, 0.1) is 35.2 Å². The van der Waals surface area contributed by atoms with Crippen LogP contribution in [0, 0.1) is 0 Å². The summed E-state index contributed by atoms with van der Waals surface area (Å²) < 4.78 is 1.74. The molecule has 0 bridgehead atoms. The molecule has 0 spiro atoms. The van der Waals surface area contributed by atoms with Gasteiger partial charge in [-0.05, 0) is 18.9 Å². The normalized spacial score (nSPS) is 23.8. The van der Waals surface area contributed by atoms with Gasteiger partial charge in [-0.25, -0.2) is 0 Å². The molecule has 0 unspecified atom stereocenters. The fraction of sp³-hybridized carbons (Fsp3) is 0.500. The molecule has 2 N–H and O–H groups in total. The van der Waals surface area contributed by atoms with Crippen molar-refractivity contribution in [2.45, 2.75) is 37.3 Å². The van der Waals surface area contributed by atoms with E-state index in [1.165, 1.54) is 0 Å². The second-order valence-electron chi connectivity index (χ2n) is 6.58. The van der Waals surface area contributed by atoms with Crippen LogP contribution in [0.1, 0.15) is 53.0 Å². The summed E-state index contributed by atoms with van der Waals surface area (Å²) in [5.41, 5.74) is 2.40. The molecule has 2 aromatic heterocycles. The maximum Gasteiger partial charge on any atom is 0.255 e. The molecule has 0 aromatic carbocycles. The number of aromatic nitrogens is 4. The number of hydrogen-bond acceptors (Lipinski definition) is 4. The molecular formula is C16H20N6O2. The zero-order valence-electron chi connectivity index (χ0n) is 13.7. The summed E-state index contributed by atoms with van der Waals surface area (Å²) in [6.07, 6.45) is 5.74.